The molecule has 0 heterocycles. The molecule has 33 heavy (non-hydrogen) atoms. The van der Waals surface area contributed by atoms with Crippen LogP contribution in [0.5, 0.6) is 0 Å². The number of carbonyl (C=O) groups is 3. The lowest BCUT2D eigenvalue weighted by Gasteiger charge is -2.19. The van der Waals surface area contributed by atoms with Gasteiger partial charge in [0, 0.05) is 18.4 Å². The first kappa shape index (κ1) is 24.3. The van der Waals surface area contributed by atoms with Gasteiger partial charge in [-0.05, 0) is 47.9 Å². The summed E-state index contributed by atoms with van der Waals surface area (Å²) in [5, 5.41) is 14.5. The number of alkyl carbamates (subject to hydrolysis) is 1. The molecule has 7 nitrogen and oxygen atoms in total. The second kappa shape index (κ2) is 11.0. The molecule has 2 atom stereocenters. The quantitative estimate of drug-likeness (QED) is 0.498. The zero-order chi connectivity index (χ0) is 24.0. The van der Waals surface area contributed by atoms with Crippen LogP contribution in [0.3, 0.4) is 0 Å². The van der Waals surface area contributed by atoms with Crippen LogP contribution in [0.15, 0.2) is 48.5 Å². The molecule has 0 aliphatic heterocycles. The van der Waals surface area contributed by atoms with E-state index in [9.17, 15) is 19.5 Å². The fourth-order valence-corrected chi connectivity index (χ4v) is 4.18. The lowest BCUT2D eigenvalue weighted by atomic mass is 9.98. The van der Waals surface area contributed by atoms with Gasteiger partial charge in [-0.2, -0.15) is 0 Å². The summed E-state index contributed by atoms with van der Waals surface area (Å²) in [6.07, 6.45) is 0.430. The average Bonchev–Trinajstić information content (AvgIpc) is 3.08. The zero-order valence-electron chi connectivity index (χ0n) is 19.3. The van der Waals surface area contributed by atoms with Gasteiger partial charge in [0.2, 0.25) is 5.91 Å². The Morgan fingerprint density at radius 2 is 1.48 bits per heavy atom. The molecule has 3 rings (SSSR count). The van der Waals surface area contributed by atoms with Crippen LogP contribution in [0, 0.1) is 5.92 Å². The number of nitrogens with one attached hydrogen (secondary N) is 2. The van der Waals surface area contributed by atoms with Gasteiger partial charge in [0.15, 0.2) is 0 Å². The third kappa shape index (κ3) is 6.34. The second-order valence-electron chi connectivity index (χ2n) is 9.00. The van der Waals surface area contributed by atoms with Crippen molar-refractivity contribution in [3.05, 3.63) is 59.7 Å². The number of carboxylic acids is 1. The molecule has 0 fully saturated rings. The average molecular weight is 453 g/mol. The van der Waals surface area contributed by atoms with E-state index in [0.29, 0.717) is 18.8 Å². The fraction of sp³-hybridized carbons (Fsp3) is 0.423. The highest BCUT2D eigenvalue weighted by Crippen LogP contribution is 2.44. The number of hydrogen-bond donors (Lipinski definition) is 3. The molecule has 0 saturated carbocycles. The maximum absolute atomic E-state index is 12.4. The monoisotopic (exact) mass is 452 g/mol. The number of ether oxygens (including phenoxy) is 1. The molecule has 2 amide bonds. The van der Waals surface area contributed by atoms with Crippen LogP contribution in [-0.4, -0.2) is 41.8 Å². The Morgan fingerprint density at radius 1 is 0.909 bits per heavy atom. The van der Waals surface area contributed by atoms with Crippen molar-refractivity contribution in [2.75, 3.05) is 6.61 Å². The van der Waals surface area contributed by atoms with Crippen molar-refractivity contribution in [3.63, 3.8) is 0 Å². The number of aliphatic carboxylic acids is 1. The summed E-state index contributed by atoms with van der Waals surface area (Å²) in [6.45, 7) is 5.88. The van der Waals surface area contributed by atoms with E-state index in [1.165, 1.54) is 0 Å². The molecular formula is C26H32N2O5. The van der Waals surface area contributed by atoms with Crippen LogP contribution in [0.4, 0.5) is 4.79 Å². The minimum Gasteiger partial charge on any atom is -0.480 e. The van der Waals surface area contributed by atoms with Gasteiger partial charge in [-0.15, -0.1) is 0 Å². The molecule has 2 aromatic rings. The lowest BCUT2D eigenvalue weighted by Crippen LogP contribution is -2.44. The highest BCUT2D eigenvalue weighted by atomic mass is 16.5. The van der Waals surface area contributed by atoms with Gasteiger partial charge in [0.05, 0.1) is 0 Å². The Hall–Kier alpha value is -3.35. The SMILES string of the molecule is CC(C)CCC(NC(=O)C[C@H](C)NC(=O)OCC1c2ccccc2-c2ccccc21)C(=O)O. The number of hydrogen-bond acceptors (Lipinski definition) is 4. The third-order valence-corrected chi connectivity index (χ3v) is 5.87. The largest absolute Gasteiger partial charge is 0.480 e. The first-order valence-corrected chi connectivity index (χ1v) is 11.4. The van der Waals surface area contributed by atoms with Gasteiger partial charge in [-0.3, -0.25) is 4.79 Å². The van der Waals surface area contributed by atoms with E-state index < -0.39 is 30.1 Å². The standard InChI is InChI=1S/C26H32N2O5/c1-16(2)12-13-23(25(30)31)28-24(29)14-17(3)27-26(32)33-15-22-20-10-6-4-8-18(20)19-9-5-7-11-21(19)22/h4-11,16-17,22-23H,12-15H2,1-3H3,(H,27,32)(H,28,29)(H,30,31)/t17-,23?/m0/s1. The van der Waals surface area contributed by atoms with E-state index >= 15 is 0 Å². The van der Waals surface area contributed by atoms with E-state index in [4.69, 9.17) is 4.74 Å². The Labute approximate surface area is 194 Å². The molecule has 3 N–H and O–H groups in total. The van der Waals surface area contributed by atoms with Crippen molar-refractivity contribution in [2.24, 2.45) is 5.92 Å². The highest BCUT2D eigenvalue weighted by molar-refractivity contribution is 5.84. The molecule has 0 saturated heterocycles. The Kier molecular flexibility index (Phi) is 8.09. The second-order valence-corrected chi connectivity index (χ2v) is 9.00. The summed E-state index contributed by atoms with van der Waals surface area (Å²) in [6, 6.07) is 14.8. The minimum atomic E-state index is -1.05. The van der Waals surface area contributed by atoms with Crippen LogP contribution in [0.25, 0.3) is 11.1 Å². The molecule has 1 aliphatic carbocycles. The predicted molar refractivity (Wildman–Crippen MR) is 126 cm³/mol. The smallest absolute Gasteiger partial charge is 0.407 e. The number of fused-ring (bicyclic) bond motifs is 3. The van der Waals surface area contributed by atoms with Crippen molar-refractivity contribution >= 4 is 18.0 Å². The normalized spacial score (nSPS) is 14.2. The maximum atomic E-state index is 12.4. The number of rotatable bonds is 10. The van der Waals surface area contributed by atoms with Crippen LogP contribution >= 0.6 is 0 Å². The summed E-state index contributed by atoms with van der Waals surface area (Å²) in [5.41, 5.74) is 4.55. The molecule has 0 spiro atoms. The Morgan fingerprint density at radius 3 is 2.03 bits per heavy atom. The summed E-state index contributed by atoms with van der Waals surface area (Å²) >= 11 is 0. The molecule has 0 aromatic heterocycles. The summed E-state index contributed by atoms with van der Waals surface area (Å²) in [7, 11) is 0. The summed E-state index contributed by atoms with van der Waals surface area (Å²) in [5.74, 6) is -1.17. The minimum absolute atomic E-state index is 0.0321. The van der Waals surface area contributed by atoms with Crippen molar-refractivity contribution in [1.29, 1.82) is 0 Å². The van der Waals surface area contributed by atoms with Crippen molar-refractivity contribution in [3.8, 4) is 11.1 Å². The molecule has 2 aromatic carbocycles. The summed E-state index contributed by atoms with van der Waals surface area (Å²) < 4.78 is 5.50. The molecule has 7 heteroatoms. The topological polar surface area (TPSA) is 105 Å². The van der Waals surface area contributed by atoms with E-state index in [-0.39, 0.29) is 18.9 Å². The fourth-order valence-electron chi connectivity index (χ4n) is 4.18. The Bertz CT molecular complexity index is 958. The molecular weight excluding hydrogens is 420 g/mol. The predicted octanol–water partition coefficient (Wildman–Crippen LogP) is 4.31. The summed E-state index contributed by atoms with van der Waals surface area (Å²) in [4.78, 5) is 36.0. The first-order chi connectivity index (χ1) is 15.8. The molecule has 1 unspecified atom stereocenters. The van der Waals surface area contributed by atoms with Crippen LogP contribution in [-0.2, 0) is 14.3 Å². The number of carboxylic acid groups (broad SMARTS) is 1. The van der Waals surface area contributed by atoms with Crippen molar-refractivity contribution in [2.45, 2.75) is 58.0 Å². The van der Waals surface area contributed by atoms with Crippen molar-refractivity contribution in [1.82, 2.24) is 10.6 Å². The van der Waals surface area contributed by atoms with Crippen LogP contribution in [0.1, 0.15) is 57.1 Å². The van der Waals surface area contributed by atoms with E-state index in [1.807, 2.05) is 50.2 Å². The highest BCUT2D eigenvalue weighted by Gasteiger charge is 2.29. The molecule has 176 valence electrons. The van der Waals surface area contributed by atoms with E-state index in [2.05, 4.69) is 22.8 Å². The van der Waals surface area contributed by atoms with Gasteiger partial charge < -0.3 is 20.5 Å². The van der Waals surface area contributed by atoms with Crippen molar-refractivity contribution < 1.29 is 24.2 Å². The van der Waals surface area contributed by atoms with Gasteiger partial charge in [-0.1, -0.05) is 62.4 Å². The lowest BCUT2D eigenvalue weighted by molar-refractivity contribution is -0.142. The van der Waals surface area contributed by atoms with Crippen LogP contribution in [0.2, 0.25) is 0 Å². The Balaban J connectivity index is 1.50. The third-order valence-electron chi connectivity index (χ3n) is 5.87. The molecule has 0 bridgehead atoms. The van der Waals surface area contributed by atoms with Gasteiger partial charge in [0.1, 0.15) is 12.6 Å². The molecule has 0 radical (unpaired) electrons. The van der Waals surface area contributed by atoms with E-state index in [0.717, 1.165) is 22.3 Å². The zero-order valence-corrected chi connectivity index (χ0v) is 19.3. The van der Waals surface area contributed by atoms with Crippen LogP contribution < -0.4 is 10.6 Å². The first-order valence-electron chi connectivity index (χ1n) is 11.4. The van der Waals surface area contributed by atoms with Gasteiger partial charge >= 0.3 is 12.1 Å². The van der Waals surface area contributed by atoms with E-state index in [1.54, 1.807) is 6.92 Å². The van der Waals surface area contributed by atoms with Gasteiger partial charge in [-0.25, -0.2) is 9.59 Å². The number of amides is 2. The number of carbonyl (C=O) groups excluding carboxylic acids is 2. The maximum Gasteiger partial charge on any atom is 0.407 e. The van der Waals surface area contributed by atoms with Gasteiger partial charge in [0.25, 0.3) is 0 Å². The number of benzene rings is 2. The molecule has 1 aliphatic rings.